The molecule has 3 N–H and O–H groups in total. The zero-order valence-electron chi connectivity index (χ0n) is 10.1. The number of benzene rings is 1. The van der Waals surface area contributed by atoms with Gasteiger partial charge in [-0.1, -0.05) is 27.5 Å². The Morgan fingerprint density at radius 2 is 2.16 bits per heavy atom. The number of nitrogens with one attached hydrogen (secondary N) is 1. The molecule has 2 rings (SSSR count). The smallest absolute Gasteiger partial charge is 0.312 e. The Morgan fingerprint density at radius 3 is 2.84 bits per heavy atom. The van der Waals surface area contributed by atoms with Gasteiger partial charge in [-0.3, -0.25) is 4.79 Å². The summed E-state index contributed by atoms with van der Waals surface area (Å²) in [4.78, 5) is 24.2. The molecule has 0 radical (unpaired) electrons. The highest BCUT2D eigenvalue weighted by atomic mass is 79.9. The van der Waals surface area contributed by atoms with Gasteiger partial charge in [-0.05, 0) is 29.7 Å². The van der Waals surface area contributed by atoms with Crippen LogP contribution in [0.1, 0.15) is 11.1 Å². The van der Waals surface area contributed by atoms with E-state index in [1.165, 1.54) is 0 Å². The molecule has 0 aliphatic carbocycles. The molecule has 0 saturated heterocycles. The van der Waals surface area contributed by atoms with Crippen molar-refractivity contribution in [3.05, 3.63) is 32.8 Å². The standard InChI is InChI=1S/C12H13BrClN3O2/c13-9-1-2-10(14)7-3-4-17(6-8(7)9)11(18)5-16-12(15)19/h1-2H,3-6H2,(H3,15,16,19). The lowest BCUT2D eigenvalue weighted by molar-refractivity contribution is -0.130. The van der Waals surface area contributed by atoms with Crippen LogP contribution in [0.25, 0.3) is 0 Å². The molecule has 1 aliphatic rings. The van der Waals surface area contributed by atoms with Crippen molar-refractivity contribution in [1.82, 2.24) is 10.2 Å². The number of nitrogens with two attached hydrogens (primary N) is 1. The molecule has 0 aromatic heterocycles. The van der Waals surface area contributed by atoms with E-state index in [1.807, 2.05) is 12.1 Å². The van der Waals surface area contributed by atoms with Gasteiger partial charge >= 0.3 is 6.03 Å². The molecule has 1 aromatic rings. The number of nitrogens with zero attached hydrogens (tertiary/aromatic N) is 1. The van der Waals surface area contributed by atoms with E-state index in [2.05, 4.69) is 21.2 Å². The number of carbonyl (C=O) groups is 2. The van der Waals surface area contributed by atoms with Gasteiger partial charge in [0.15, 0.2) is 0 Å². The number of primary amides is 1. The fraction of sp³-hybridized carbons (Fsp3) is 0.333. The minimum absolute atomic E-state index is 0.0805. The highest BCUT2D eigenvalue weighted by Gasteiger charge is 2.23. The minimum Gasteiger partial charge on any atom is -0.352 e. The average molecular weight is 347 g/mol. The molecule has 0 fully saturated rings. The lowest BCUT2D eigenvalue weighted by atomic mass is 9.99. The van der Waals surface area contributed by atoms with Crippen molar-refractivity contribution in [1.29, 1.82) is 0 Å². The first-order valence-electron chi connectivity index (χ1n) is 5.76. The minimum atomic E-state index is -0.699. The van der Waals surface area contributed by atoms with Gasteiger partial charge in [0.05, 0.1) is 6.54 Å². The SMILES string of the molecule is NC(=O)NCC(=O)N1CCc2c(Cl)ccc(Br)c2C1. The van der Waals surface area contributed by atoms with Crippen molar-refractivity contribution in [3.63, 3.8) is 0 Å². The lowest BCUT2D eigenvalue weighted by Crippen LogP contribution is -2.43. The zero-order chi connectivity index (χ0) is 14.0. The van der Waals surface area contributed by atoms with E-state index in [9.17, 15) is 9.59 Å². The molecule has 1 aromatic carbocycles. The topological polar surface area (TPSA) is 75.4 Å². The summed E-state index contributed by atoms with van der Waals surface area (Å²) in [6.45, 7) is 0.987. The second kappa shape index (κ2) is 5.79. The second-order valence-corrected chi connectivity index (χ2v) is 5.53. The molecule has 3 amide bonds. The van der Waals surface area contributed by atoms with Gasteiger partial charge in [0.1, 0.15) is 0 Å². The van der Waals surface area contributed by atoms with E-state index >= 15 is 0 Å². The highest BCUT2D eigenvalue weighted by molar-refractivity contribution is 9.10. The van der Waals surface area contributed by atoms with Gasteiger partial charge in [-0.15, -0.1) is 0 Å². The van der Waals surface area contributed by atoms with Crippen molar-refractivity contribution in [3.8, 4) is 0 Å². The number of carbonyl (C=O) groups excluding carboxylic acids is 2. The Labute approximate surface area is 124 Å². The van der Waals surface area contributed by atoms with Gasteiger partial charge in [0.2, 0.25) is 5.91 Å². The second-order valence-electron chi connectivity index (χ2n) is 4.27. The van der Waals surface area contributed by atoms with Gasteiger partial charge in [0, 0.05) is 22.6 Å². The Balaban J connectivity index is 2.11. The quantitative estimate of drug-likeness (QED) is 0.854. The van der Waals surface area contributed by atoms with Gasteiger partial charge < -0.3 is 16.0 Å². The summed E-state index contributed by atoms with van der Waals surface area (Å²) in [5.74, 6) is -0.156. The number of amides is 3. The molecule has 19 heavy (non-hydrogen) atoms. The largest absolute Gasteiger partial charge is 0.352 e. The van der Waals surface area contributed by atoms with E-state index in [4.69, 9.17) is 17.3 Å². The van der Waals surface area contributed by atoms with Crippen LogP contribution < -0.4 is 11.1 Å². The number of hydrogen-bond donors (Lipinski definition) is 2. The number of fused-ring (bicyclic) bond motifs is 1. The first-order chi connectivity index (χ1) is 8.99. The molecule has 1 heterocycles. The Kier molecular flexibility index (Phi) is 4.31. The van der Waals surface area contributed by atoms with E-state index < -0.39 is 6.03 Å². The van der Waals surface area contributed by atoms with Crippen LogP contribution in [0.3, 0.4) is 0 Å². The third-order valence-electron chi connectivity index (χ3n) is 3.06. The predicted octanol–water partition coefficient (Wildman–Crippen LogP) is 1.66. The Hall–Kier alpha value is -1.27. The van der Waals surface area contributed by atoms with Crippen molar-refractivity contribution < 1.29 is 9.59 Å². The maximum atomic E-state index is 11.9. The normalized spacial score (nSPS) is 13.9. The average Bonchev–Trinajstić information content (AvgIpc) is 2.40. The molecular formula is C12H13BrClN3O2. The predicted molar refractivity (Wildman–Crippen MR) is 75.9 cm³/mol. The summed E-state index contributed by atoms with van der Waals surface area (Å²) in [6.07, 6.45) is 0.704. The Morgan fingerprint density at radius 1 is 1.42 bits per heavy atom. The van der Waals surface area contributed by atoms with E-state index in [0.29, 0.717) is 19.5 Å². The first kappa shape index (κ1) is 14.1. The van der Waals surface area contributed by atoms with Crippen LogP contribution in [0, 0.1) is 0 Å². The summed E-state index contributed by atoms with van der Waals surface area (Å²) in [6, 6.07) is 3.02. The van der Waals surface area contributed by atoms with E-state index in [-0.39, 0.29) is 12.5 Å². The van der Waals surface area contributed by atoms with Crippen molar-refractivity contribution in [2.45, 2.75) is 13.0 Å². The number of hydrogen-bond acceptors (Lipinski definition) is 2. The highest BCUT2D eigenvalue weighted by Crippen LogP contribution is 2.31. The van der Waals surface area contributed by atoms with Crippen LogP contribution in [-0.2, 0) is 17.8 Å². The van der Waals surface area contributed by atoms with Crippen LogP contribution in [0.2, 0.25) is 5.02 Å². The molecule has 0 bridgehead atoms. The van der Waals surface area contributed by atoms with Crippen molar-refractivity contribution >= 4 is 39.5 Å². The summed E-state index contributed by atoms with van der Waals surface area (Å²) in [7, 11) is 0. The monoisotopic (exact) mass is 345 g/mol. The first-order valence-corrected chi connectivity index (χ1v) is 6.93. The molecule has 0 unspecified atom stereocenters. The molecule has 1 aliphatic heterocycles. The van der Waals surface area contributed by atoms with Crippen LogP contribution in [0.4, 0.5) is 4.79 Å². The summed E-state index contributed by atoms with van der Waals surface area (Å²) in [5.41, 5.74) is 7.04. The summed E-state index contributed by atoms with van der Waals surface area (Å²) < 4.78 is 0.937. The summed E-state index contributed by atoms with van der Waals surface area (Å²) >= 11 is 9.61. The zero-order valence-corrected chi connectivity index (χ0v) is 12.4. The molecule has 0 spiro atoms. The van der Waals surface area contributed by atoms with Gasteiger partial charge in [-0.25, -0.2) is 4.79 Å². The van der Waals surface area contributed by atoms with Crippen LogP contribution >= 0.6 is 27.5 Å². The lowest BCUT2D eigenvalue weighted by Gasteiger charge is -2.30. The molecule has 0 saturated carbocycles. The fourth-order valence-corrected chi connectivity index (χ4v) is 2.85. The maximum Gasteiger partial charge on any atom is 0.312 e. The van der Waals surface area contributed by atoms with Gasteiger partial charge in [-0.2, -0.15) is 0 Å². The third kappa shape index (κ3) is 3.19. The molecule has 5 nitrogen and oxygen atoms in total. The van der Waals surface area contributed by atoms with Crippen molar-refractivity contribution in [2.75, 3.05) is 13.1 Å². The number of rotatable bonds is 2. The molecule has 0 atom stereocenters. The van der Waals surface area contributed by atoms with E-state index in [1.54, 1.807) is 4.90 Å². The van der Waals surface area contributed by atoms with Crippen LogP contribution in [-0.4, -0.2) is 29.9 Å². The fourth-order valence-electron chi connectivity index (χ4n) is 2.08. The van der Waals surface area contributed by atoms with Crippen LogP contribution in [0.5, 0.6) is 0 Å². The maximum absolute atomic E-state index is 11.9. The van der Waals surface area contributed by atoms with Crippen molar-refractivity contribution in [2.24, 2.45) is 5.73 Å². The van der Waals surface area contributed by atoms with Gasteiger partial charge in [0.25, 0.3) is 0 Å². The number of halogens is 2. The molecule has 7 heteroatoms. The molecule has 102 valence electrons. The van der Waals surface area contributed by atoms with Crippen LogP contribution in [0.15, 0.2) is 16.6 Å². The van der Waals surface area contributed by atoms with E-state index in [0.717, 1.165) is 20.6 Å². The Bertz CT molecular complexity index is 536. The number of urea groups is 1. The third-order valence-corrected chi connectivity index (χ3v) is 4.16. The summed E-state index contributed by atoms with van der Waals surface area (Å²) in [5, 5.41) is 3.03. The molecular weight excluding hydrogens is 334 g/mol.